The molecule has 2 unspecified atom stereocenters. The van der Waals surface area contributed by atoms with Gasteiger partial charge in [-0.1, -0.05) is 0 Å². The maximum absolute atomic E-state index is 11.1. The van der Waals surface area contributed by atoms with Crippen molar-refractivity contribution in [1.29, 1.82) is 0 Å². The molecule has 0 aromatic carbocycles. The molecule has 0 heterocycles. The fraction of sp³-hybridized carbons (Fsp3) is 0.900. The van der Waals surface area contributed by atoms with Crippen LogP contribution in [0.3, 0.4) is 0 Å². The van der Waals surface area contributed by atoms with Crippen LogP contribution in [0.5, 0.6) is 0 Å². The van der Waals surface area contributed by atoms with Crippen LogP contribution in [-0.4, -0.2) is 75.9 Å². The minimum Gasteiger partial charge on any atom is -0.463 e. The Balaban J connectivity index is 4.22. The first kappa shape index (κ1) is 17.2. The predicted octanol–water partition coefficient (Wildman–Crippen LogP) is -2.65. The summed E-state index contributed by atoms with van der Waals surface area (Å²) in [7, 11) is 0. The highest BCUT2D eigenvalue weighted by molar-refractivity contribution is 5.69. The van der Waals surface area contributed by atoms with Crippen LogP contribution < -0.4 is 0 Å². The molecular formula is C10H20O8. The molecule has 0 amide bonds. The Labute approximate surface area is 104 Å². The van der Waals surface area contributed by atoms with Crippen molar-refractivity contribution in [2.75, 3.05) is 20.0 Å². The van der Waals surface area contributed by atoms with Gasteiger partial charge >= 0.3 is 5.97 Å². The number of hydrogen-bond donors (Lipinski definition) is 5. The largest absolute Gasteiger partial charge is 0.463 e. The Morgan fingerprint density at radius 3 is 2.28 bits per heavy atom. The molecule has 0 radical (unpaired) electrons. The van der Waals surface area contributed by atoms with E-state index in [-0.39, 0.29) is 6.42 Å². The molecule has 0 aliphatic carbocycles. The Hall–Kier alpha value is -0.770. The lowest BCUT2D eigenvalue weighted by Gasteiger charge is -2.25. The third-order valence-corrected chi connectivity index (χ3v) is 2.12. The summed E-state index contributed by atoms with van der Waals surface area (Å²) >= 11 is 0. The van der Waals surface area contributed by atoms with Gasteiger partial charge in [-0.15, -0.1) is 0 Å². The van der Waals surface area contributed by atoms with E-state index in [0.29, 0.717) is 0 Å². The van der Waals surface area contributed by atoms with Gasteiger partial charge in [0.2, 0.25) is 0 Å². The van der Waals surface area contributed by atoms with Crippen molar-refractivity contribution < 1.29 is 39.8 Å². The van der Waals surface area contributed by atoms with E-state index in [1.807, 2.05) is 0 Å². The summed E-state index contributed by atoms with van der Waals surface area (Å²) in [5.74, 6) is -0.706. The molecular weight excluding hydrogens is 248 g/mol. The Kier molecular flexibility index (Phi) is 8.81. The molecule has 8 nitrogen and oxygen atoms in total. The quantitative estimate of drug-likeness (QED) is 0.226. The molecule has 108 valence electrons. The number of esters is 1. The molecule has 0 aliphatic heterocycles. The van der Waals surface area contributed by atoms with E-state index in [2.05, 4.69) is 4.74 Å². The first-order valence-corrected chi connectivity index (χ1v) is 5.45. The molecule has 0 spiro atoms. The molecule has 0 bridgehead atoms. The van der Waals surface area contributed by atoms with Crippen molar-refractivity contribution in [2.24, 2.45) is 0 Å². The van der Waals surface area contributed by atoms with E-state index in [1.54, 1.807) is 0 Å². The molecule has 4 atom stereocenters. The van der Waals surface area contributed by atoms with Gasteiger partial charge in [-0.3, -0.25) is 4.79 Å². The monoisotopic (exact) mass is 268 g/mol. The van der Waals surface area contributed by atoms with Crippen molar-refractivity contribution in [1.82, 2.24) is 0 Å². The number of aliphatic hydroxyl groups is 5. The van der Waals surface area contributed by atoms with Crippen LogP contribution in [0.25, 0.3) is 0 Å². The molecule has 0 aliphatic rings. The van der Waals surface area contributed by atoms with E-state index in [9.17, 15) is 15.0 Å². The van der Waals surface area contributed by atoms with E-state index >= 15 is 0 Å². The highest BCUT2D eigenvalue weighted by atomic mass is 16.6. The van der Waals surface area contributed by atoms with Gasteiger partial charge in [0.15, 0.2) is 0 Å². The molecule has 8 heteroatoms. The third kappa shape index (κ3) is 6.84. The number of rotatable bonds is 9. The summed E-state index contributed by atoms with van der Waals surface area (Å²) in [6, 6.07) is 0. The zero-order chi connectivity index (χ0) is 14.1. The van der Waals surface area contributed by atoms with Gasteiger partial charge in [0.05, 0.1) is 19.1 Å². The Morgan fingerprint density at radius 2 is 1.83 bits per heavy atom. The van der Waals surface area contributed by atoms with Gasteiger partial charge in [0, 0.05) is 0 Å². The van der Waals surface area contributed by atoms with Crippen LogP contribution in [-0.2, 0) is 14.3 Å². The van der Waals surface area contributed by atoms with Gasteiger partial charge < -0.3 is 35.0 Å². The maximum Gasteiger partial charge on any atom is 0.308 e. The summed E-state index contributed by atoms with van der Waals surface area (Å²) in [5, 5.41) is 44.9. The fourth-order valence-corrected chi connectivity index (χ4v) is 1.17. The zero-order valence-electron chi connectivity index (χ0n) is 10.1. The highest BCUT2D eigenvalue weighted by Crippen LogP contribution is 2.06. The van der Waals surface area contributed by atoms with E-state index < -0.39 is 50.4 Å². The Morgan fingerprint density at radius 1 is 1.22 bits per heavy atom. The van der Waals surface area contributed by atoms with Gasteiger partial charge in [-0.25, -0.2) is 0 Å². The van der Waals surface area contributed by atoms with Gasteiger partial charge in [0.1, 0.15) is 31.7 Å². The van der Waals surface area contributed by atoms with E-state index in [4.69, 9.17) is 20.1 Å². The van der Waals surface area contributed by atoms with Crippen LogP contribution in [0.2, 0.25) is 0 Å². The second-order valence-electron chi connectivity index (χ2n) is 3.81. The molecule has 0 saturated heterocycles. The van der Waals surface area contributed by atoms with Crippen LogP contribution >= 0.6 is 0 Å². The predicted molar refractivity (Wildman–Crippen MR) is 58.3 cm³/mol. The van der Waals surface area contributed by atoms with E-state index in [1.165, 1.54) is 6.92 Å². The summed E-state index contributed by atoms with van der Waals surface area (Å²) in [6.07, 6.45) is -5.24. The summed E-state index contributed by atoms with van der Waals surface area (Å²) < 4.78 is 9.37. The van der Waals surface area contributed by atoms with Crippen LogP contribution in [0, 0.1) is 0 Å². The Bertz CT molecular complexity index is 232. The van der Waals surface area contributed by atoms with Gasteiger partial charge in [0.25, 0.3) is 0 Å². The lowest BCUT2D eigenvalue weighted by atomic mass is 10.1. The molecule has 0 aromatic rings. The average molecular weight is 268 g/mol. The molecule has 0 aromatic heterocycles. The van der Waals surface area contributed by atoms with Gasteiger partial charge in [-0.05, 0) is 6.92 Å². The molecule has 5 N–H and O–H groups in total. The van der Waals surface area contributed by atoms with Crippen LogP contribution in [0.4, 0.5) is 0 Å². The van der Waals surface area contributed by atoms with Crippen molar-refractivity contribution in [2.45, 2.75) is 37.8 Å². The average Bonchev–Trinajstić information content (AvgIpc) is 2.31. The number of aliphatic hydroxyl groups excluding tert-OH is 5. The van der Waals surface area contributed by atoms with Crippen LogP contribution in [0.15, 0.2) is 0 Å². The molecule has 0 saturated carbocycles. The van der Waals surface area contributed by atoms with Crippen molar-refractivity contribution >= 4 is 5.97 Å². The normalized spacial score (nSPS) is 17.9. The molecule has 0 rings (SSSR count). The number of hydrogen-bond acceptors (Lipinski definition) is 8. The first-order chi connectivity index (χ1) is 8.42. The highest BCUT2D eigenvalue weighted by Gasteiger charge is 2.28. The summed E-state index contributed by atoms with van der Waals surface area (Å²) in [4.78, 5) is 11.1. The topological polar surface area (TPSA) is 137 Å². The summed E-state index contributed by atoms with van der Waals surface area (Å²) in [6.45, 7) is -0.445. The molecule has 0 fully saturated rings. The van der Waals surface area contributed by atoms with Crippen molar-refractivity contribution in [3.8, 4) is 0 Å². The maximum atomic E-state index is 11.1. The minimum atomic E-state index is -1.51. The lowest BCUT2D eigenvalue weighted by molar-refractivity contribution is -0.170. The van der Waals surface area contributed by atoms with Crippen molar-refractivity contribution in [3.05, 3.63) is 0 Å². The second-order valence-corrected chi connectivity index (χ2v) is 3.81. The number of carbonyl (C=O) groups is 1. The zero-order valence-corrected chi connectivity index (χ0v) is 10.1. The van der Waals surface area contributed by atoms with E-state index in [0.717, 1.165) is 0 Å². The summed E-state index contributed by atoms with van der Waals surface area (Å²) in [5.41, 5.74) is 0. The first-order valence-electron chi connectivity index (χ1n) is 5.45. The van der Waals surface area contributed by atoms with Gasteiger partial charge in [-0.2, -0.15) is 0 Å². The lowest BCUT2D eigenvalue weighted by Crippen LogP contribution is -2.44. The smallest absolute Gasteiger partial charge is 0.308 e. The van der Waals surface area contributed by atoms with Crippen molar-refractivity contribution in [3.63, 3.8) is 0 Å². The standard InChI is InChI=1S/C10H20O8/c1-6(13)2-9(15)17-4-8(18-5-12)10(16)7(14)3-11/h6-8,10-14,16H,2-5H2,1H3/t6?,7-,8?,10+/m1/s1. The van der Waals surface area contributed by atoms with Crippen LogP contribution in [0.1, 0.15) is 13.3 Å². The number of ether oxygens (including phenoxy) is 2. The SMILES string of the molecule is CC(O)CC(=O)OCC(OCO)[C@@H](O)[C@H](O)CO. The molecule has 18 heavy (non-hydrogen) atoms. The second kappa shape index (κ2) is 9.20. The number of carbonyl (C=O) groups excluding carboxylic acids is 1. The third-order valence-electron chi connectivity index (χ3n) is 2.12. The minimum absolute atomic E-state index is 0.218. The fourth-order valence-electron chi connectivity index (χ4n) is 1.17.